The third kappa shape index (κ3) is 3.62. The van der Waals surface area contributed by atoms with Gasteiger partial charge in [-0.15, -0.1) is 0 Å². The monoisotopic (exact) mass is 456 g/mol. The molecule has 3 aromatic rings. The maximum atomic E-state index is 6.70. The van der Waals surface area contributed by atoms with Crippen LogP contribution in [-0.4, -0.2) is 15.0 Å². The predicted molar refractivity (Wildman–Crippen MR) is 121 cm³/mol. The summed E-state index contributed by atoms with van der Waals surface area (Å²) in [5.74, 6) is 0.442. The Bertz CT molecular complexity index is 1070. The Morgan fingerprint density at radius 2 is 1.80 bits per heavy atom. The molecule has 0 saturated heterocycles. The van der Waals surface area contributed by atoms with Crippen LogP contribution >= 0.6 is 35.0 Å². The molecule has 2 aliphatic carbocycles. The van der Waals surface area contributed by atoms with Crippen molar-refractivity contribution in [2.45, 2.75) is 54.0 Å². The van der Waals surface area contributed by atoms with Crippen molar-refractivity contribution < 1.29 is 0 Å². The van der Waals surface area contributed by atoms with Gasteiger partial charge in [0.1, 0.15) is 10.2 Å². The maximum Gasteiger partial charge on any atom is 0.148 e. The number of aromatic nitrogens is 3. The van der Waals surface area contributed by atoms with Gasteiger partial charge in [0.25, 0.3) is 0 Å². The van der Waals surface area contributed by atoms with Crippen LogP contribution in [0.3, 0.4) is 0 Å². The number of hydrogen-bond acceptors (Lipinski definition) is 5. The lowest BCUT2D eigenvalue weighted by molar-refractivity contribution is 0.148. The molecule has 0 unspecified atom stereocenters. The van der Waals surface area contributed by atoms with Crippen LogP contribution < -0.4 is 5.73 Å². The summed E-state index contributed by atoms with van der Waals surface area (Å²) >= 11 is 13.7. The van der Waals surface area contributed by atoms with Crippen LogP contribution in [0.4, 0.5) is 0 Å². The molecule has 1 fully saturated rings. The first-order valence-corrected chi connectivity index (χ1v) is 11.8. The van der Waals surface area contributed by atoms with Crippen molar-refractivity contribution in [2.75, 3.05) is 0 Å². The van der Waals surface area contributed by atoms with Crippen LogP contribution in [0.15, 0.2) is 58.8 Å². The molecule has 0 bridgehead atoms. The lowest BCUT2D eigenvalue weighted by atomic mass is 9.66. The second kappa shape index (κ2) is 8.12. The minimum atomic E-state index is 0.149. The van der Waals surface area contributed by atoms with E-state index in [4.69, 9.17) is 33.9 Å². The number of fused-ring (bicyclic) bond motifs is 1. The first-order chi connectivity index (χ1) is 14.6. The van der Waals surface area contributed by atoms with Gasteiger partial charge < -0.3 is 5.73 Å². The molecule has 7 heteroatoms. The van der Waals surface area contributed by atoms with Crippen molar-refractivity contribution in [1.82, 2.24) is 15.0 Å². The van der Waals surface area contributed by atoms with Gasteiger partial charge >= 0.3 is 0 Å². The quantitative estimate of drug-likeness (QED) is 0.473. The highest BCUT2D eigenvalue weighted by atomic mass is 35.5. The van der Waals surface area contributed by atoms with Gasteiger partial charge in [-0.2, -0.15) is 0 Å². The van der Waals surface area contributed by atoms with Crippen molar-refractivity contribution in [3.05, 3.63) is 75.9 Å². The van der Waals surface area contributed by atoms with Crippen LogP contribution in [0.25, 0.3) is 0 Å². The second-order valence-electron chi connectivity index (χ2n) is 8.29. The molecule has 0 radical (unpaired) electrons. The fraction of sp³-hybridized carbons (Fsp3) is 0.348. The average molecular weight is 457 g/mol. The van der Waals surface area contributed by atoms with Crippen LogP contribution in [-0.2, 0) is 6.42 Å². The number of benzene rings is 1. The standard InChI is InChI=1S/C23H22Cl2N4S/c24-20-18(7-10-27-22(20)25)30-19-13-28-17(12-29-19)14-5-8-23(9-6-14)11-15-3-1-2-4-16(15)21(23)26/h1-4,7,10,12-14,21H,5-6,8-9,11,26H2/t14-,21-,23+/m0/s1. The molecule has 2 N–H and O–H groups in total. The molecule has 0 amide bonds. The average Bonchev–Trinajstić information content (AvgIpc) is 3.04. The summed E-state index contributed by atoms with van der Waals surface area (Å²) in [6.07, 6.45) is 11.0. The van der Waals surface area contributed by atoms with Crippen molar-refractivity contribution in [3.63, 3.8) is 0 Å². The molecule has 2 aliphatic rings. The number of rotatable bonds is 3. The minimum Gasteiger partial charge on any atom is -0.323 e. The van der Waals surface area contributed by atoms with E-state index in [0.717, 1.165) is 47.7 Å². The molecule has 30 heavy (non-hydrogen) atoms. The molecule has 1 atom stereocenters. The summed E-state index contributed by atoms with van der Waals surface area (Å²) in [4.78, 5) is 14.1. The third-order valence-electron chi connectivity index (χ3n) is 6.67. The van der Waals surface area contributed by atoms with Crippen molar-refractivity contribution in [2.24, 2.45) is 11.1 Å². The highest BCUT2D eigenvalue weighted by molar-refractivity contribution is 7.99. The Morgan fingerprint density at radius 1 is 1.00 bits per heavy atom. The van der Waals surface area contributed by atoms with E-state index in [9.17, 15) is 0 Å². The Balaban J connectivity index is 1.26. The third-order valence-corrected chi connectivity index (χ3v) is 8.52. The van der Waals surface area contributed by atoms with E-state index < -0.39 is 0 Å². The SMILES string of the molecule is N[C@H]1c2ccccc2C[C@]12CC[C@H](c1cnc(Sc3ccnc(Cl)c3Cl)cn1)CC2. The van der Waals surface area contributed by atoms with Gasteiger partial charge in [0.15, 0.2) is 0 Å². The number of pyridine rings is 1. The molecular weight excluding hydrogens is 435 g/mol. The lowest BCUT2D eigenvalue weighted by Crippen LogP contribution is -2.35. The zero-order valence-electron chi connectivity index (χ0n) is 16.4. The number of nitrogens with two attached hydrogens (primary N) is 1. The molecule has 0 aliphatic heterocycles. The zero-order valence-corrected chi connectivity index (χ0v) is 18.7. The summed E-state index contributed by atoms with van der Waals surface area (Å²) in [5.41, 5.74) is 10.7. The second-order valence-corrected chi connectivity index (χ2v) is 10.1. The van der Waals surface area contributed by atoms with Crippen molar-refractivity contribution >= 4 is 35.0 Å². The van der Waals surface area contributed by atoms with Gasteiger partial charge in [0, 0.05) is 23.1 Å². The topological polar surface area (TPSA) is 64.7 Å². The van der Waals surface area contributed by atoms with E-state index in [-0.39, 0.29) is 11.5 Å². The summed E-state index contributed by atoms with van der Waals surface area (Å²) in [6, 6.07) is 10.6. The van der Waals surface area contributed by atoms with Gasteiger partial charge in [0.05, 0.1) is 23.1 Å². The zero-order chi connectivity index (χ0) is 20.7. The van der Waals surface area contributed by atoms with Gasteiger partial charge in [-0.3, -0.25) is 4.98 Å². The van der Waals surface area contributed by atoms with Gasteiger partial charge in [-0.25, -0.2) is 9.97 Å². The molecule has 1 saturated carbocycles. The first kappa shape index (κ1) is 20.3. The molecular formula is C23H22Cl2N4S. The van der Waals surface area contributed by atoms with Crippen molar-refractivity contribution in [1.29, 1.82) is 0 Å². The largest absolute Gasteiger partial charge is 0.323 e. The summed E-state index contributed by atoms with van der Waals surface area (Å²) < 4.78 is 0. The molecule has 154 valence electrons. The number of halogens is 2. The maximum absolute atomic E-state index is 6.70. The first-order valence-electron chi connectivity index (χ1n) is 10.2. The number of nitrogens with zero attached hydrogens (tertiary/aromatic N) is 3. The molecule has 1 aromatic carbocycles. The lowest BCUT2D eigenvalue weighted by Gasteiger charge is -2.40. The predicted octanol–water partition coefficient (Wildman–Crippen LogP) is 6.23. The van der Waals surface area contributed by atoms with Crippen LogP contribution in [0.2, 0.25) is 10.2 Å². The van der Waals surface area contributed by atoms with Gasteiger partial charge in [-0.05, 0) is 54.7 Å². The molecule has 2 heterocycles. The molecule has 2 aromatic heterocycles. The van der Waals surface area contributed by atoms with E-state index in [1.54, 1.807) is 6.20 Å². The smallest absolute Gasteiger partial charge is 0.148 e. The summed E-state index contributed by atoms with van der Waals surface area (Å²) in [6.45, 7) is 0. The normalized spacial score (nSPS) is 25.4. The summed E-state index contributed by atoms with van der Waals surface area (Å²) in [5, 5.41) is 1.54. The van der Waals surface area contributed by atoms with Crippen LogP contribution in [0.5, 0.6) is 0 Å². The fourth-order valence-electron chi connectivity index (χ4n) is 4.98. The van der Waals surface area contributed by atoms with E-state index in [1.807, 2.05) is 18.5 Å². The Morgan fingerprint density at radius 3 is 2.53 bits per heavy atom. The Hall–Kier alpha value is -1.66. The van der Waals surface area contributed by atoms with E-state index in [1.165, 1.54) is 22.9 Å². The van der Waals surface area contributed by atoms with Crippen LogP contribution in [0, 0.1) is 5.41 Å². The van der Waals surface area contributed by atoms with E-state index in [0.29, 0.717) is 16.1 Å². The van der Waals surface area contributed by atoms with E-state index >= 15 is 0 Å². The number of hydrogen-bond donors (Lipinski definition) is 1. The van der Waals surface area contributed by atoms with Crippen molar-refractivity contribution in [3.8, 4) is 0 Å². The fourth-order valence-corrected chi connectivity index (χ4v) is 6.17. The molecule has 5 rings (SSSR count). The highest BCUT2D eigenvalue weighted by Crippen LogP contribution is 2.55. The summed E-state index contributed by atoms with van der Waals surface area (Å²) in [7, 11) is 0. The Labute approximate surface area is 190 Å². The van der Waals surface area contributed by atoms with Gasteiger partial charge in [0.2, 0.25) is 0 Å². The molecule has 1 spiro atoms. The van der Waals surface area contributed by atoms with E-state index in [2.05, 4.69) is 34.2 Å². The van der Waals surface area contributed by atoms with Crippen LogP contribution in [0.1, 0.15) is 54.5 Å². The molecule has 4 nitrogen and oxygen atoms in total. The highest BCUT2D eigenvalue weighted by Gasteiger charge is 2.46. The van der Waals surface area contributed by atoms with Gasteiger partial charge in [-0.1, -0.05) is 59.2 Å². The minimum absolute atomic E-state index is 0.149. The Kier molecular flexibility index (Phi) is 5.48.